The first-order valence-corrected chi connectivity index (χ1v) is 13.2. The van der Waals surface area contributed by atoms with Gasteiger partial charge in [-0.2, -0.15) is 4.31 Å². The highest BCUT2D eigenvalue weighted by Gasteiger charge is 2.28. The van der Waals surface area contributed by atoms with Gasteiger partial charge in [0.25, 0.3) is 0 Å². The zero-order valence-electron chi connectivity index (χ0n) is 18.3. The van der Waals surface area contributed by atoms with Crippen molar-refractivity contribution >= 4 is 33.0 Å². The average Bonchev–Trinajstić information content (AvgIpc) is 3.33. The molecule has 4 rings (SSSR count). The Balaban J connectivity index is 1.33. The van der Waals surface area contributed by atoms with Crippen molar-refractivity contribution in [3.63, 3.8) is 0 Å². The van der Waals surface area contributed by atoms with Crippen LogP contribution in [0.1, 0.15) is 11.8 Å². The summed E-state index contributed by atoms with van der Waals surface area (Å²) in [5.74, 6) is -0.127. The predicted molar refractivity (Wildman–Crippen MR) is 125 cm³/mol. The van der Waals surface area contributed by atoms with Gasteiger partial charge in [-0.05, 0) is 36.6 Å². The normalized spacial score (nSPS) is 20.2. The first kappa shape index (κ1) is 23.3. The topological polar surface area (TPSA) is 82.2 Å². The van der Waals surface area contributed by atoms with Gasteiger partial charge in [0.2, 0.25) is 15.9 Å². The summed E-state index contributed by atoms with van der Waals surface area (Å²) in [6, 6.07) is 10.4. The van der Waals surface area contributed by atoms with Gasteiger partial charge < -0.3 is 10.1 Å². The number of thiophene rings is 1. The summed E-state index contributed by atoms with van der Waals surface area (Å²) in [7, 11) is -3.60. The van der Waals surface area contributed by atoms with Crippen LogP contribution in [0.4, 0.5) is 5.69 Å². The van der Waals surface area contributed by atoms with Gasteiger partial charge in [0, 0.05) is 56.4 Å². The molecule has 174 valence electrons. The van der Waals surface area contributed by atoms with E-state index in [1.54, 1.807) is 29.5 Å². The molecule has 2 aliphatic rings. The Hall–Kier alpha value is -1.82. The minimum Gasteiger partial charge on any atom is -0.379 e. The third-order valence-corrected chi connectivity index (χ3v) is 8.76. The second-order valence-corrected chi connectivity index (χ2v) is 11.1. The van der Waals surface area contributed by atoms with Crippen molar-refractivity contribution in [2.45, 2.75) is 24.4 Å². The van der Waals surface area contributed by atoms with E-state index < -0.39 is 10.0 Å². The largest absolute Gasteiger partial charge is 0.379 e. The Labute approximate surface area is 193 Å². The van der Waals surface area contributed by atoms with E-state index in [1.807, 2.05) is 6.92 Å². The third-order valence-electron chi connectivity index (χ3n) is 6.00. The standard InChI is InChI=1S/C22H30N4O4S2/c1-18(25-9-7-24(8-10-25)17-20-5-3-15-31-20)22(27)23-19-4-2-6-21(16-19)32(28,29)26-11-13-30-14-12-26/h2-6,15-16,18H,7-14,17H2,1H3,(H,23,27)/t18-/m0/s1. The Morgan fingerprint density at radius 2 is 1.84 bits per heavy atom. The van der Waals surface area contributed by atoms with Gasteiger partial charge in [0.1, 0.15) is 0 Å². The van der Waals surface area contributed by atoms with Gasteiger partial charge in [0.15, 0.2) is 0 Å². The summed E-state index contributed by atoms with van der Waals surface area (Å²) in [6.45, 7) is 7.82. The molecule has 0 radical (unpaired) electrons. The highest BCUT2D eigenvalue weighted by molar-refractivity contribution is 7.89. The number of benzene rings is 1. The van der Waals surface area contributed by atoms with Gasteiger partial charge in [-0.25, -0.2) is 8.42 Å². The summed E-state index contributed by atoms with van der Waals surface area (Å²) >= 11 is 1.77. The van der Waals surface area contributed by atoms with Crippen molar-refractivity contribution in [2.75, 3.05) is 57.8 Å². The van der Waals surface area contributed by atoms with Crippen LogP contribution in [0.2, 0.25) is 0 Å². The third kappa shape index (κ3) is 5.56. The molecular formula is C22H30N4O4S2. The van der Waals surface area contributed by atoms with E-state index in [4.69, 9.17) is 4.74 Å². The number of nitrogens with one attached hydrogen (secondary N) is 1. The maximum atomic E-state index is 12.9. The van der Waals surface area contributed by atoms with Crippen molar-refractivity contribution in [2.24, 2.45) is 0 Å². The number of piperazine rings is 1. The summed E-state index contributed by atoms with van der Waals surface area (Å²) < 4.78 is 32.5. The molecule has 32 heavy (non-hydrogen) atoms. The second-order valence-electron chi connectivity index (χ2n) is 8.10. The number of carbonyl (C=O) groups excluding carboxylic acids is 1. The van der Waals surface area contributed by atoms with Gasteiger partial charge in [-0.15, -0.1) is 11.3 Å². The zero-order chi connectivity index (χ0) is 22.6. The van der Waals surface area contributed by atoms with Crippen LogP contribution < -0.4 is 5.32 Å². The molecule has 1 aromatic heterocycles. The van der Waals surface area contributed by atoms with Crippen LogP contribution in [0.3, 0.4) is 0 Å². The molecule has 1 amide bonds. The van der Waals surface area contributed by atoms with Crippen LogP contribution in [-0.4, -0.2) is 87.0 Å². The van der Waals surface area contributed by atoms with E-state index in [2.05, 4.69) is 32.6 Å². The molecule has 2 aliphatic heterocycles. The number of hydrogen-bond acceptors (Lipinski definition) is 7. The monoisotopic (exact) mass is 478 g/mol. The van der Waals surface area contributed by atoms with E-state index in [-0.39, 0.29) is 16.8 Å². The van der Waals surface area contributed by atoms with E-state index >= 15 is 0 Å². The number of amides is 1. The molecule has 1 aromatic carbocycles. The number of hydrogen-bond donors (Lipinski definition) is 1. The van der Waals surface area contributed by atoms with Crippen LogP contribution in [0.15, 0.2) is 46.7 Å². The fraction of sp³-hybridized carbons (Fsp3) is 0.500. The number of anilines is 1. The van der Waals surface area contributed by atoms with Crippen LogP contribution >= 0.6 is 11.3 Å². The lowest BCUT2D eigenvalue weighted by Crippen LogP contribution is -2.52. The molecule has 0 aliphatic carbocycles. The number of rotatable bonds is 7. The molecule has 2 saturated heterocycles. The number of sulfonamides is 1. The lowest BCUT2D eigenvalue weighted by molar-refractivity contribution is -0.121. The summed E-state index contributed by atoms with van der Waals surface area (Å²) in [5, 5.41) is 5.00. The minimum absolute atomic E-state index is 0.127. The van der Waals surface area contributed by atoms with Gasteiger partial charge in [-0.3, -0.25) is 14.6 Å². The van der Waals surface area contributed by atoms with Gasteiger partial charge in [0.05, 0.1) is 24.2 Å². The molecule has 0 bridgehead atoms. The zero-order valence-corrected chi connectivity index (χ0v) is 19.9. The summed E-state index contributed by atoms with van der Waals surface area (Å²) in [4.78, 5) is 19.0. The molecule has 1 atom stereocenters. The molecule has 10 heteroatoms. The minimum atomic E-state index is -3.60. The number of ether oxygens (including phenoxy) is 1. The second kappa shape index (κ2) is 10.4. The molecule has 0 saturated carbocycles. The van der Waals surface area contributed by atoms with Gasteiger partial charge >= 0.3 is 0 Å². The van der Waals surface area contributed by atoms with E-state index in [9.17, 15) is 13.2 Å². The van der Waals surface area contributed by atoms with Crippen molar-refractivity contribution in [1.82, 2.24) is 14.1 Å². The molecule has 2 aromatic rings. The molecule has 2 fully saturated rings. The molecule has 8 nitrogen and oxygen atoms in total. The lowest BCUT2D eigenvalue weighted by Gasteiger charge is -2.37. The van der Waals surface area contributed by atoms with Crippen LogP contribution in [-0.2, 0) is 26.1 Å². The molecule has 0 unspecified atom stereocenters. The quantitative estimate of drug-likeness (QED) is 0.655. The Morgan fingerprint density at radius 1 is 1.09 bits per heavy atom. The smallest absolute Gasteiger partial charge is 0.243 e. The molecule has 3 heterocycles. The van der Waals surface area contributed by atoms with E-state index in [1.165, 1.54) is 15.2 Å². The molecular weight excluding hydrogens is 448 g/mol. The van der Waals surface area contributed by atoms with E-state index in [0.717, 1.165) is 32.7 Å². The number of morpholine rings is 1. The first-order valence-electron chi connectivity index (χ1n) is 10.9. The van der Waals surface area contributed by atoms with Gasteiger partial charge in [-0.1, -0.05) is 12.1 Å². The highest BCUT2D eigenvalue weighted by atomic mass is 32.2. The first-order chi connectivity index (χ1) is 15.4. The van der Waals surface area contributed by atoms with Crippen molar-refractivity contribution in [1.29, 1.82) is 0 Å². The van der Waals surface area contributed by atoms with Crippen molar-refractivity contribution < 1.29 is 17.9 Å². The van der Waals surface area contributed by atoms with Crippen LogP contribution in [0, 0.1) is 0 Å². The lowest BCUT2D eigenvalue weighted by atomic mass is 10.2. The fourth-order valence-electron chi connectivity index (χ4n) is 4.01. The number of carbonyl (C=O) groups is 1. The maximum absolute atomic E-state index is 12.9. The Bertz CT molecular complexity index is 999. The molecule has 1 N–H and O–H groups in total. The highest BCUT2D eigenvalue weighted by Crippen LogP contribution is 2.21. The fourth-order valence-corrected chi connectivity index (χ4v) is 6.22. The SMILES string of the molecule is C[C@@H](C(=O)Nc1cccc(S(=O)(=O)N2CCOCC2)c1)N1CCN(Cc2cccs2)CC1. The van der Waals surface area contributed by atoms with Crippen molar-refractivity contribution in [3.05, 3.63) is 46.7 Å². The van der Waals surface area contributed by atoms with Crippen LogP contribution in [0.25, 0.3) is 0 Å². The summed E-state index contributed by atoms with van der Waals surface area (Å²) in [5.41, 5.74) is 0.493. The number of nitrogens with zero attached hydrogens (tertiary/aromatic N) is 3. The van der Waals surface area contributed by atoms with Crippen LogP contribution in [0.5, 0.6) is 0 Å². The Kier molecular flexibility index (Phi) is 7.59. The van der Waals surface area contributed by atoms with Crippen molar-refractivity contribution in [3.8, 4) is 0 Å². The molecule has 0 spiro atoms. The average molecular weight is 479 g/mol. The Morgan fingerprint density at radius 3 is 2.53 bits per heavy atom. The summed E-state index contributed by atoms with van der Waals surface area (Å²) in [6.07, 6.45) is 0. The van der Waals surface area contributed by atoms with E-state index in [0.29, 0.717) is 32.0 Å². The maximum Gasteiger partial charge on any atom is 0.243 e. The predicted octanol–water partition coefficient (Wildman–Crippen LogP) is 1.91.